The van der Waals surface area contributed by atoms with Crippen LogP contribution in [0.2, 0.25) is 0 Å². The van der Waals surface area contributed by atoms with Crippen molar-refractivity contribution in [2.24, 2.45) is 5.92 Å². The first-order chi connectivity index (χ1) is 13.2. The molecule has 2 aliphatic rings. The maximum absolute atomic E-state index is 12.6. The Morgan fingerprint density at radius 3 is 2.18 bits per heavy atom. The normalized spacial score (nSPS) is 17.5. The van der Waals surface area contributed by atoms with Crippen molar-refractivity contribution >= 4 is 23.6 Å². The Kier molecular flexibility index (Phi) is 5.54. The van der Waals surface area contributed by atoms with Gasteiger partial charge in [-0.2, -0.15) is 0 Å². The number of piperidine rings is 1. The van der Waals surface area contributed by atoms with Gasteiger partial charge < -0.3 is 10.2 Å². The fourth-order valence-corrected chi connectivity index (χ4v) is 3.75. The van der Waals surface area contributed by atoms with E-state index in [2.05, 4.69) is 5.32 Å². The zero-order valence-electron chi connectivity index (χ0n) is 16.8. The van der Waals surface area contributed by atoms with Crippen LogP contribution < -0.4 is 5.32 Å². The van der Waals surface area contributed by atoms with Crippen LogP contribution in [0.5, 0.6) is 0 Å². The summed E-state index contributed by atoms with van der Waals surface area (Å²) in [5.41, 5.74) is 0.991. The van der Waals surface area contributed by atoms with Crippen LogP contribution in [0.15, 0.2) is 18.2 Å². The van der Waals surface area contributed by atoms with Crippen molar-refractivity contribution in [3.8, 4) is 0 Å². The molecular weight excluding hydrogens is 358 g/mol. The smallest absolute Gasteiger partial charge is 0.261 e. The molecule has 0 spiro atoms. The molecule has 0 bridgehead atoms. The van der Waals surface area contributed by atoms with Crippen molar-refractivity contribution in [1.29, 1.82) is 0 Å². The molecular formula is C21H27N3O4. The molecule has 0 atom stereocenters. The fraction of sp³-hybridized carbons (Fsp3) is 0.524. The maximum Gasteiger partial charge on any atom is 0.261 e. The Hall–Kier alpha value is -2.70. The summed E-state index contributed by atoms with van der Waals surface area (Å²) < 4.78 is 0. The fourth-order valence-electron chi connectivity index (χ4n) is 3.75. The molecule has 3 rings (SSSR count). The van der Waals surface area contributed by atoms with Crippen molar-refractivity contribution in [3.63, 3.8) is 0 Å². The number of fused-ring (bicyclic) bond motifs is 1. The lowest BCUT2D eigenvalue weighted by Crippen LogP contribution is -2.47. The third kappa shape index (κ3) is 3.66. The van der Waals surface area contributed by atoms with E-state index in [-0.39, 0.29) is 47.2 Å². The van der Waals surface area contributed by atoms with Crippen LogP contribution >= 0.6 is 0 Å². The van der Waals surface area contributed by atoms with Gasteiger partial charge in [0.25, 0.3) is 17.7 Å². The van der Waals surface area contributed by atoms with E-state index in [9.17, 15) is 19.2 Å². The number of likely N-dealkylation sites (tertiary alicyclic amines) is 1. The molecule has 7 heteroatoms. The largest absolute Gasteiger partial charge is 0.349 e. The number of hydrogen-bond acceptors (Lipinski definition) is 4. The molecule has 0 unspecified atom stereocenters. The lowest BCUT2D eigenvalue weighted by molar-refractivity contribution is -0.135. The number of rotatable bonds is 4. The molecule has 4 amide bonds. The molecule has 7 nitrogen and oxygen atoms in total. The third-order valence-corrected chi connectivity index (χ3v) is 5.33. The molecule has 1 fully saturated rings. The summed E-state index contributed by atoms with van der Waals surface area (Å²) in [6.07, 6.45) is 1.40. The van der Waals surface area contributed by atoms with E-state index in [0.29, 0.717) is 37.1 Å². The average Bonchev–Trinajstić information content (AvgIpc) is 2.91. The van der Waals surface area contributed by atoms with Gasteiger partial charge in [0.15, 0.2) is 0 Å². The lowest BCUT2D eigenvalue weighted by Gasteiger charge is -2.33. The van der Waals surface area contributed by atoms with E-state index in [4.69, 9.17) is 0 Å². The molecule has 2 heterocycles. The zero-order valence-corrected chi connectivity index (χ0v) is 16.8. The molecule has 1 aromatic carbocycles. The van der Waals surface area contributed by atoms with Gasteiger partial charge in [-0.1, -0.05) is 13.8 Å². The van der Waals surface area contributed by atoms with Gasteiger partial charge in [-0.3, -0.25) is 24.1 Å². The van der Waals surface area contributed by atoms with Gasteiger partial charge >= 0.3 is 0 Å². The summed E-state index contributed by atoms with van der Waals surface area (Å²) in [6, 6.07) is 4.40. The number of nitrogens with one attached hydrogen (secondary N) is 1. The average molecular weight is 385 g/mol. The van der Waals surface area contributed by atoms with Crippen LogP contribution in [0.4, 0.5) is 0 Å². The summed E-state index contributed by atoms with van der Waals surface area (Å²) >= 11 is 0. The molecule has 150 valence electrons. The van der Waals surface area contributed by atoms with Crippen molar-refractivity contribution in [1.82, 2.24) is 15.1 Å². The van der Waals surface area contributed by atoms with Crippen LogP contribution in [0.25, 0.3) is 0 Å². The second-order valence-electron chi connectivity index (χ2n) is 8.06. The summed E-state index contributed by atoms with van der Waals surface area (Å²) in [4.78, 5) is 52.6. The molecule has 28 heavy (non-hydrogen) atoms. The monoisotopic (exact) mass is 385 g/mol. The summed E-state index contributed by atoms with van der Waals surface area (Å²) in [5.74, 6) is -0.821. The number of hydrogen-bond donors (Lipinski definition) is 1. The molecule has 1 N–H and O–H groups in total. The first kappa shape index (κ1) is 20.0. The predicted molar refractivity (Wildman–Crippen MR) is 104 cm³/mol. The minimum Gasteiger partial charge on any atom is -0.349 e. The molecule has 0 aromatic heterocycles. The van der Waals surface area contributed by atoms with Crippen LogP contribution in [0.1, 0.15) is 71.6 Å². The summed E-state index contributed by atoms with van der Waals surface area (Å²) in [6.45, 7) is 8.59. The molecule has 0 aliphatic carbocycles. The highest BCUT2D eigenvalue weighted by Crippen LogP contribution is 2.26. The SMILES string of the molecule is CC(C)C(=O)N1CCC(NC(=O)c2ccc3c(c2)C(=O)N(C(C)C)C3=O)CC1. The van der Waals surface area contributed by atoms with E-state index >= 15 is 0 Å². The molecule has 0 radical (unpaired) electrons. The van der Waals surface area contributed by atoms with Crippen molar-refractivity contribution in [2.45, 2.75) is 52.6 Å². The standard InChI is InChI=1S/C21H27N3O4/c1-12(2)19(26)23-9-7-15(8-10-23)22-18(25)14-5-6-16-17(11-14)21(28)24(13(3)4)20(16)27/h5-6,11-13,15H,7-10H2,1-4H3,(H,22,25). The first-order valence-electron chi connectivity index (χ1n) is 9.82. The number of carbonyl (C=O) groups excluding carboxylic acids is 4. The Morgan fingerprint density at radius 1 is 1.00 bits per heavy atom. The van der Waals surface area contributed by atoms with Crippen LogP contribution in [0.3, 0.4) is 0 Å². The topological polar surface area (TPSA) is 86.8 Å². The van der Waals surface area contributed by atoms with Gasteiger partial charge in [0.1, 0.15) is 0 Å². The van der Waals surface area contributed by atoms with Gasteiger partial charge in [0, 0.05) is 36.7 Å². The van der Waals surface area contributed by atoms with Crippen molar-refractivity contribution in [3.05, 3.63) is 34.9 Å². The van der Waals surface area contributed by atoms with E-state index in [1.807, 2.05) is 18.7 Å². The van der Waals surface area contributed by atoms with Crippen LogP contribution in [-0.2, 0) is 4.79 Å². The van der Waals surface area contributed by atoms with Crippen LogP contribution in [0, 0.1) is 5.92 Å². The highest BCUT2D eigenvalue weighted by atomic mass is 16.2. The predicted octanol–water partition coefficient (Wildman–Crippen LogP) is 2.07. The number of carbonyl (C=O) groups is 4. The Morgan fingerprint density at radius 2 is 1.61 bits per heavy atom. The number of benzene rings is 1. The zero-order chi connectivity index (χ0) is 20.6. The van der Waals surface area contributed by atoms with Gasteiger partial charge in [-0.05, 0) is 44.9 Å². The Bertz CT molecular complexity index is 823. The van der Waals surface area contributed by atoms with E-state index in [1.165, 1.54) is 11.0 Å². The number of imide groups is 1. The van der Waals surface area contributed by atoms with Crippen LogP contribution in [-0.4, -0.2) is 58.6 Å². The summed E-state index contributed by atoms with van der Waals surface area (Å²) in [5, 5.41) is 2.99. The second-order valence-corrected chi connectivity index (χ2v) is 8.06. The quantitative estimate of drug-likeness (QED) is 0.804. The molecule has 0 saturated carbocycles. The second kappa shape index (κ2) is 7.73. The van der Waals surface area contributed by atoms with E-state index in [1.54, 1.807) is 26.0 Å². The first-order valence-corrected chi connectivity index (χ1v) is 9.82. The highest BCUT2D eigenvalue weighted by molar-refractivity contribution is 6.22. The lowest BCUT2D eigenvalue weighted by atomic mass is 10.0. The summed E-state index contributed by atoms with van der Waals surface area (Å²) in [7, 11) is 0. The molecule has 1 saturated heterocycles. The van der Waals surface area contributed by atoms with Gasteiger partial charge in [-0.15, -0.1) is 0 Å². The molecule has 1 aromatic rings. The van der Waals surface area contributed by atoms with Gasteiger partial charge in [0.2, 0.25) is 5.91 Å². The van der Waals surface area contributed by atoms with Gasteiger partial charge in [-0.25, -0.2) is 0 Å². The molecule has 2 aliphatic heterocycles. The minimum atomic E-state index is -0.356. The van der Waals surface area contributed by atoms with E-state index in [0.717, 1.165) is 0 Å². The third-order valence-electron chi connectivity index (χ3n) is 5.33. The van der Waals surface area contributed by atoms with Gasteiger partial charge in [0.05, 0.1) is 11.1 Å². The maximum atomic E-state index is 12.6. The minimum absolute atomic E-state index is 0.0125. The number of nitrogens with zero attached hydrogens (tertiary/aromatic N) is 2. The Labute approximate surface area is 165 Å². The van der Waals surface area contributed by atoms with Crippen molar-refractivity contribution < 1.29 is 19.2 Å². The van der Waals surface area contributed by atoms with Crippen molar-refractivity contribution in [2.75, 3.05) is 13.1 Å². The Balaban J connectivity index is 1.65. The highest BCUT2D eigenvalue weighted by Gasteiger charge is 2.37. The number of amides is 4. The van der Waals surface area contributed by atoms with E-state index < -0.39 is 0 Å².